The second-order valence-electron chi connectivity index (χ2n) is 3.28. The molecule has 0 bridgehead atoms. The number of ether oxygens (including phenoxy) is 2. The number of fused-ring (bicyclic) bond motifs is 1. The van der Waals surface area contributed by atoms with E-state index in [1.807, 2.05) is 0 Å². The molecule has 5 heteroatoms. The highest BCUT2D eigenvalue weighted by Crippen LogP contribution is 2.37. The van der Waals surface area contributed by atoms with E-state index >= 15 is 0 Å². The van der Waals surface area contributed by atoms with E-state index < -0.39 is 11.9 Å². The van der Waals surface area contributed by atoms with E-state index in [2.05, 4.69) is 5.32 Å². The Morgan fingerprint density at radius 1 is 1.53 bits per heavy atom. The molecule has 1 unspecified atom stereocenters. The first kappa shape index (κ1) is 10.2. The molecule has 0 saturated heterocycles. The van der Waals surface area contributed by atoms with E-state index in [9.17, 15) is 9.50 Å². The molecule has 1 aromatic carbocycles. The lowest BCUT2D eigenvalue weighted by Gasteiger charge is -2.12. The fraction of sp³-hybridized carbons (Fsp3) is 0.400. The second kappa shape index (κ2) is 4.04. The number of aliphatic hydroxyl groups is 1. The number of hydrogen-bond acceptors (Lipinski definition) is 4. The van der Waals surface area contributed by atoms with Crippen LogP contribution in [0.4, 0.5) is 4.39 Å². The van der Waals surface area contributed by atoms with Crippen molar-refractivity contribution in [1.29, 1.82) is 0 Å². The van der Waals surface area contributed by atoms with E-state index in [1.54, 1.807) is 13.1 Å². The van der Waals surface area contributed by atoms with Gasteiger partial charge in [0, 0.05) is 12.1 Å². The highest BCUT2D eigenvalue weighted by molar-refractivity contribution is 5.46. The lowest BCUT2D eigenvalue weighted by molar-refractivity contribution is 0.164. The summed E-state index contributed by atoms with van der Waals surface area (Å²) in [4.78, 5) is 0. The van der Waals surface area contributed by atoms with Crippen molar-refractivity contribution in [1.82, 2.24) is 5.32 Å². The Balaban J connectivity index is 2.33. The van der Waals surface area contributed by atoms with E-state index in [0.717, 1.165) is 0 Å². The Labute approximate surface area is 86.6 Å². The van der Waals surface area contributed by atoms with Gasteiger partial charge in [0.2, 0.25) is 12.5 Å². The molecule has 1 atom stereocenters. The first-order chi connectivity index (χ1) is 7.24. The summed E-state index contributed by atoms with van der Waals surface area (Å²) < 4.78 is 23.7. The molecular weight excluding hydrogens is 201 g/mol. The van der Waals surface area contributed by atoms with Crippen molar-refractivity contribution in [3.63, 3.8) is 0 Å². The summed E-state index contributed by atoms with van der Waals surface area (Å²) in [6, 6.07) is 3.10. The molecule has 2 rings (SSSR count). The van der Waals surface area contributed by atoms with Gasteiger partial charge in [-0.15, -0.1) is 0 Å². The molecule has 1 aliphatic heterocycles. The van der Waals surface area contributed by atoms with Gasteiger partial charge in [0.05, 0.1) is 6.10 Å². The molecule has 0 spiro atoms. The minimum atomic E-state index is -0.885. The molecule has 15 heavy (non-hydrogen) atoms. The van der Waals surface area contributed by atoms with Crippen LogP contribution in [0.5, 0.6) is 11.5 Å². The van der Waals surface area contributed by atoms with Gasteiger partial charge in [-0.3, -0.25) is 0 Å². The van der Waals surface area contributed by atoms with Crippen LogP contribution in [0.3, 0.4) is 0 Å². The van der Waals surface area contributed by atoms with Crippen molar-refractivity contribution in [3.05, 3.63) is 23.5 Å². The average molecular weight is 213 g/mol. The molecule has 0 radical (unpaired) electrons. The minimum absolute atomic E-state index is 0.0256. The van der Waals surface area contributed by atoms with Crippen LogP contribution in [0.25, 0.3) is 0 Å². The van der Waals surface area contributed by atoms with Gasteiger partial charge in [0.1, 0.15) is 0 Å². The van der Waals surface area contributed by atoms with Crippen molar-refractivity contribution in [2.45, 2.75) is 6.10 Å². The van der Waals surface area contributed by atoms with Gasteiger partial charge in [0.25, 0.3) is 0 Å². The van der Waals surface area contributed by atoms with Crippen LogP contribution in [-0.4, -0.2) is 25.5 Å². The third kappa shape index (κ3) is 1.75. The maximum absolute atomic E-state index is 13.8. The van der Waals surface area contributed by atoms with Crippen molar-refractivity contribution in [2.75, 3.05) is 20.4 Å². The summed E-state index contributed by atoms with van der Waals surface area (Å²) in [5.41, 5.74) is 0.216. The van der Waals surface area contributed by atoms with Gasteiger partial charge in [0.15, 0.2) is 11.6 Å². The second-order valence-corrected chi connectivity index (χ2v) is 3.28. The van der Waals surface area contributed by atoms with Gasteiger partial charge in [-0.2, -0.15) is 0 Å². The van der Waals surface area contributed by atoms with Crippen LogP contribution < -0.4 is 14.8 Å². The molecule has 2 N–H and O–H groups in total. The number of benzene rings is 1. The maximum Gasteiger partial charge on any atom is 0.231 e. The Morgan fingerprint density at radius 3 is 3.07 bits per heavy atom. The Hall–Kier alpha value is -1.33. The summed E-state index contributed by atoms with van der Waals surface area (Å²) >= 11 is 0. The van der Waals surface area contributed by atoms with Crippen LogP contribution in [0.15, 0.2) is 12.1 Å². The zero-order valence-corrected chi connectivity index (χ0v) is 8.29. The van der Waals surface area contributed by atoms with E-state index in [0.29, 0.717) is 5.75 Å². The van der Waals surface area contributed by atoms with Crippen molar-refractivity contribution < 1.29 is 19.0 Å². The molecule has 0 aliphatic carbocycles. The Morgan fingerprint density at radius 2 is 2.33 bits per heavy atom. The normalized spacial score (nSPS) is 15.4. The summed E-state index contributed by atoms with van der Waals surface area (Å²) in [5, 5.41) is 12.4. The predicted octanol–water partition coefficient (Wildman–Crippen LogP) is 0.807. The van der Waals surface area contributed by atoms with E-state index in [-0.39, 0.29) is 24.7 Å². The van der Waals surface area contributed by atoms with Gasteiger partial charge in [-0.1, -0.05) is 0 Å². The molecular formula is C10H12FNO3. The number of hydrogen-bond donors (Lipinski definition) is 2. The third-order valence-corrected chi connectivity index (χ3v) is 2.27. The predicted molar refractivity (Wildman–Crippen MR) is 51.4 cm³/mol. The Kier molecular flexibility index (Phi) is 2.75. The molecule has 82 valence electrons. The van der Waals surface area contributed by atoms with Crippen LogP contribution >= 0.6 is 0 Å². The zero-order valence-electron chi connectivity index (χ0n) is 8.29. The van der Waals surface area contributed by atoms with E-state index in [1.165, 1.54) is 6.07 Å². The highest BCUT2D eigenvalue weighted by Gasteiger charge is 2.23. The number of nitrogens with one attached hydrogen (secondary N) is 1. The van der Waals surface area contributed by atoms with Crippen molar-refractivity contribution >= 4 is 0 Å². The number of halogens is 1. The number of aliphatic hydroxyl groups excluding tert-OH is 1. The number of likely N-dealkylation sites (N-methyl/N-ethyl adjacent to an activating group) is 1. The quantitative estimate of drug-likeness (QED) is 0.780. The molecule has 4 nitrogen and oxygen atoms in total. The largest absolute Gasteiger partial charge is 0.453 e. The number of rotatable bonds is 3. The summed E-state index contributed by atoms with van der Waals surface area (Å²) in [5.74, 6) is -0.0803. The molecule has 0 aromatic heterocycles. The summed E-state index contributed by atoms with van der Waals surface area (Å²) in [6.07, 6.45) is -0.885. The standard InChI is InChI=1S/C10H12FNO3/c1-12-4-7(13)6-2-3-8-10(9(6)11)15-5-14-8/h2-3,7,12-13H,4-5H2,1H3. The lowest BCUT2D eigenvalue weighted by Crippen LogP contribution is -2.17. The fourth-order valence-corrected chi connectivity index (χ4v) is 1.51. The molecule has 0 fully saturated rings. The van der Waals surface area contributed by atoms with Crippen LogP contribution in [0.1, 0.15) is 11.7 Å². The van der Waals surface area contributed by atoms with Crippen LogP contribution in [0.2, 0.25) is 0 Å². The maximum atomic E-state index is 13.8. The third-order valence-electron chi connectivity index (χ3n) is 2.27. The summed E-state index contributed by atoms with van der Waals surface area (Å²) in [7, 11) is 1.69. The molecule has 1 aromatic rings. The van der Waals surface area contributed by atoms with Gasteiger partial charge in [-0.05, 0) is 19.2 Å². The topological polar surface area (TPSA) is 50.7 Å². The Bertz CT molecular complexity index is 370. The van der Waals surface area contributed by atoms with Gasteiger partial charge in [-0.25, -0.2) is 4.39 Å². The van der Waals surface area contributed by atoms with Crippen LogP contribution in [-0.2, 0) is 0 Å². The van der Waals surface area contributed by atoms with Gasteiger partial charge >= 0.3 is 0 Å². The minimum Gasteiger partial charge on any atom is -0.453 e. The molecule has 0 amide bonds. The van der Waals surface area contributed by atoms with Gasteiger partial charge < -0.3 is 19.9 Å². The van der Waals surface area contributed by atoms with Crippen molar-refractivity contribution in [3.8, 4) is 11.5 Å². The monoisotopic (exact) mass is 213 g/mol. The SMILES string of the molecule is CNCC(O)c1ccc2c(c1F)OCO2. The van der Waals surface area contributed by atoms with Crippen molar-refractivity contribution in [2.24, 2.45) is 0 Å². The first-order valence-electron chi connectivity index (χ1n) is 4.64. The molecule has 0 saturated carbocycles. The fourth-order valence-electron chi connectivity index (χ4n) is 1.51. The van der Waals surface area contributed by atoms with Crippen LogP contribution in [0, 0.1) is 5.82 Å². The van der Waals surface area contributed by atoms with E-state index in [4.69, 9.17) is 9.47 Å². The summed E-state index contributed by atoms with van der Waals surface area (Å²) in [6.45, 7) is 0.314. The highest BCUT2D eigenvalue weighted by atomic mass is 19.1. The molecule has 1 heterocycles. The zero-order chi connectivity index (χ0) is 10.8. The smallest absolute Gasteiger partial charge is 0.231 e. The first-order valence-corrected chi connectivity index (χ1v) is 4.64. The lowest BCUT2D eigenvalue weighted by atomic mass is 10.1. The average Bonchev–Trinajstić information content (AvgIpc) is 2.67. The molecule has 1 aliphatic rings.